The Bertz CT molecular complexity index is 339. The molecule has 76 valence electrons. The minimum atomic E-state index is -0.0594. The van der Waals surface area contributed by atoms with Crippen molar-refractivity contribution in [2.24, 2.45) is 0 Å². The van der Waals surface area contributed by atoms with Crippen LogP contribution in [0.2, 0.25) is 0 Å². The SMILES string of the molecule is CCNC(=O)c1cc(OC)ccc1I. The van der Waals surface area contributed by atoms with Gasteiger partial charge in [-0.2, -0.15) is 0 Å². The van der Waals surface area contributed by atoms with Gasteiger partial charge in [-0.05, 0) is 47.7 Å². The van der Waals surface area contributed by atoms with E-state index in [1.54, 1.807) is 13.2 Å². The van der Waals surface area contributed by atoms with Crippen molar-refractivity contribution in [3.8, 4) is 5.75 Å². The molecular weight excluding hydrogens is 293 g/mol. The largest absolute Gasteiger partial charge is 0.497 e. The van der Waals surface area contributed by atoms with Gasteiger partial charge < -0.3 is 10.1 Å². The topological polar surface area (TPSA) is 38.3 Å². The van der Waals surface area contributed by atoms with Crippen LogP contribution in [0.3, 0.4) is 0 Å². The van der Waals surface area contributed by atoms with Gasteiger partial charge in [-0.3, -0.25) is 4.79 Å². The summed E-state index contributed by atoms with van der Waals surface area (Å²) in [7, 11) is 1.59. The average Bonchev–Trinajstić information content (AvgIpc) is 2.19. The Labute approximate surface area is 97.0 Å². The molecule has 1 aromatic rings. The summed E-state index contributed by atoms with van der Waals surface area (Å²) in [6.45, 7) is 2.52. The van der Waals surface area contributed by atoms with Crippen molar-refractivity contribution in [2.45, 2.75) is 6.92 Å². The summed E-state index contributed by atoms with van der Waals surface area (Å²) in [5, 5.41) is 2.75. The third kappa shape index (κ3) is 2.60. The second kappa shape index (κ2) is 5.19. The van der Waals surface area contributed by atoms with E-state index in [-0.39, 0.29) is 5.91 Å². The number of carbonyl (C=O) groups is 1. The van der Waals surface area contributed by atoms with Crippen molar-refractivity contribution in [2.75, 3.05) is 13.7 Å². The summed E-state index contributed by atoms with van der Waals surface area (Å²) < 4.78 is 5.98. The number of amides is 1. The number of benzene rings is 1. The molecule has 1 rings (SSSR count). The number of methoxy groups -OCH3 is 1. The van der Waals surface area contributed by atoms with E-state index in [4.69, 9.17) is 4.74 Å². The third-order valence-electron chi connectivity index (χ3n) is 1.76. The van der Waals surface area contributed by atoms with E-state index in [0.29, 0.717) is 17.9 Å². The van der Waals surface area contributed by atoms with Gasteiger partial charge in [0.15, 0.2) is 0 Å². The predicted molar refractivity (Wildman–Crippen MR) is 63.7 cm³/mol. The Morgan fingerprint density at radius 1 is 1.57 bits per heavy atom. The van der Waals surface area contributed by atoms with Gasteiger partial charge in [0.2, 0.25) is 0 Å². The minimum absolute atomic E-state index is 0.0594. The first kappa shape index (κ1) is 11.3. The molecule has 4 heteroatoms. The van der Waals surface area contributed by atoms with Crippen LogP contribution in [0.15, 0.2) is 18.2 Å². The molecule has 0 radical (unpaired) electrons. The van der Waals surface area contributed by atoms with Gasteiger partial charge in [0.1, 0.15) is 5.75 Å². The monoisotopic (exact) mass is 305 g/mol. The first-order valence-electron chi connectivity index (χ1n) is 4.30. The van der Waals surface area contributed by atoms with Crippen LogP contribution in [0.5, 0.6) is 5.75 Å². The summed E-state index contributed by atoms with van der Waals surface area (Å²) in [6, 6.07) is 5.45. The Hall–Kier alpha value is -0.780. The molecule has 0 aliphatic carbocycles. The standard InChI is InChI=1S/C10H12INO2/c1-3-12-10(13)8-6-7(14-2)4-5-9(8)11/h4-6H,3H2,1-2H3,(H,12,13). The highest BCUT2D eigenvalue weighted by atomic mass is 127. The van der Waals surface area contributed by atoms with E-state index in [9.17, 15) is 4.79 Å². The molecule has 0 aliphatic heterocycles. The molecule has 0 aliphatic rings. The van der Waals surface area contributed by atoms with Gasteiger partial charge in [-0.1, -0.05) is 0 Å². The minimum Gasteiger partial charge on any atom is -0.497 e. The molecule has 0 saturated heterocycles. The van der Waals surface area contributed by atoms with Crippen molar-refractivity contribution in [3.05, 3.63) is 27.3 Å². The highest BCUT2D eigenvalue weighted by Gasteiger charge is 2.09. The van der Waals surface area contributed by atoms with E-state index in [1.165, 1.54) is 0 Å². The van der Waals surface area contributed by atoms with Gasteiger partial charge in [-0.15, -0.1) is 0 Å². The van der Waals surface area contributed by atoms with Crippen molar-refractivity contribution in [1.29, 1.82) is 0 Å². The number of nitrogens with one attached hydrogen (secondary N) is 1. The molecule has 14 heavy (non-hydrogen) atoms. The van der Waals surface area contributed by atoms with Gasteiger partial charge in [0.05, 0.1) is 12.7 Å². The lowest BCUT2D eigenvalue weighted by atomic mass is 10.2. The molecule has 3 nitrogen and oxygen atoms in total. The number of ether oxygens (including phenoxy) is 1. The second-order valence-electron chi connectivity index (χ2n) is 2.71. The van der Waals surface area contributed by atoms with E-state index < -0.39 is 0 Å². The lowest BCUT2D eigenvalue weighted by molar-refractivity contribution is 0.0954. The highest BCUT2D eigenvalue weighted by molar-refractivity contribution is 14.1. The summed E-state index contributed by atoms with van der Waals surface area (Å²) in [4.78, 5) is 11.6. The average molecular weight is 305 g/mol. The maximum atomic E-state index is 11.6. The molecule has 0 bridgehead atoms. The van der Waals surface area contributed by atoms with Crippen molar-refractivity contribution in [3.63, 3.8) is 0 Å². The normalized spacial score (nSPS) is 9.64. The zero-order chi connectivity index (χ0) is 10.6. The summed E-state index contributed by atoms with van der Waals surface area (Å²) in [6.07, 6.45) is 0. The maximum Gasteiger partial charge on any atom is 0.252 e. The lowest BCUT2D eigenvalue weighted by Gasteiger charge is -2.06. The zero-order valence-corrected chi connectivity index (χ0v) is 10.3. The van der Waals surface area contributed by atoms with Crippen molar-refractivity contribution >= 4 is 28.5 Å². The fourth-order valence-electron chi connectivity index (χ4n) is 1.06. The molecule has 1 aromatic carbocycles. The van der Waals surface area contributed by atoms with Gasteiger partial charge in [0, 0.05) is 10.1 Å². The fourth-order valence-corrected chi connectivity index (χ4v) is 1.64. The zero-order valence-electron chi connectivity index (χ0n) is 8.13. The molecule has 0 spiro atoms. The Balaban J connectivity index is 2.99. The molecule has 1 amide bonds. The summed E-state index contributed by atoms with van der Waals surface area (Å²) in [5.74, 6) is 0.641. The number of halogens is 1. The van der Waals surface area contributed by atoms with Crippen LogP contribution in [0.25, 0.3) is 0 Å². The van der Waals surface area contributed by atoms with E-state index in [2.05, 4.69) is 27.9 Å². The maximum absolute atomic E-state index is 11.6. The summed E-state index contributed by atoms with van der Waals surface area (Å²) >= 11 is 2.13. The van der Waals surface area contributed by atoms with Crippen LogP contribution in [-0.2, 0) is 0 Å². The Morgan fingerprint density at radius 2 is 2.29 bits per heavy atom. The molecule has 0 atom stereocenters. The smallest absolute Gasteiger partial charge is 0.252 e. The predicted octanol–water partition coefficient (Wildman–Crippen LogP) is 2.05. The van der Waals surface area contributed by atoms with Crippen LogP contribution >= 0.6 is 22.6 Å². The van der Waals surface area contributed by atoms with Crippen molar-refractivity contribution < 1.29 is 9.53 Å². The lowest BCUT2D eigenvalue weighted by Crippen LogP contribution is -2.23. The summed E-state index contributed by atoms with van der Waals surface area (Å²) in [5.41, 5.74) is 0.659. The van der Waals surface area contributed by atoms with Crippen LogP contribution < -0.4 is 10.1 Å². The highest BCUT2D eigenvalue weighted by Crippen LogP contribution is 2.19. The molecule has 0 heterocycles. The van der Waals surface area contributed by atoms with Crippen molar-refractivity contribution in [1.82, 2.24) is 5.32 Å². The van der Waals surface area contributed by atoms with E-state index in [0.717, 1.165) is 3.57 Å². The third-order valence-corrected chi connectivity index (χ3v) is 2.70. The quantitative estimate of drug-likeness (QED) is 0.868. The number of carbonyl (C=O) groups excluding carboxylic acids is 1. The Morgan fingerprint density at radius 3 is 2.86 bits per heavy atom. The van der Waals surface area contributed by atoms with E-state index >= 15 is 0 Å². The van der Waals surface area contributed by atoms with Crippen LogP contribution in [0, 0.1) is 3.57 Å². The fraction of sp³-hybridized carbons (Fsp3) is 0.300. The molecule has 0 saturated carbocycles. The first-order chi connectivity index (χ1) is 6.69. The second-order valence-corrected chi connectivity index (χ2v) is 3.87. The van der Waals surface area contributed by atoms with Gasteiger partial charge >= 0.3 is 0 Å². The number of hydrogen-bond donors (Lipinski definition) is 1. The van der Waals surface area contributed by atoms with Gasteiger partial charge in [-0.25, -0.2) is 0 Å². The molecular formula is C10H12INO2. The van der Waals surface area contributed by atoms with E-state index in [1.807, 2.05) is 19.1 Å². The molecule has 0 fully saturated rings. The van der Waals surface area contributed by atoms with Crippen LogP contribution in [-0.4, -0.2) is 19.6 Å². The molecule has 1 N–H and O–H groups in total. The Kier molecular flexibility index (Phi) is 4.19. The van der Waals surface area contributed by atoms with Crippen LogP contribution in [0.1, 0.15) is 17.3 Å². The molecule has 0 aromatic heterocycles. The first-order valence-corrected chi connectivity index (χ1v) is 5.38. The van der Waals surface area contributed by atoms with Crippen LogP contribution in [0.4, 0.5) is 0 Å². The van der Waals surface area contributed by atoms with Gasteiger partial charge in [0.25, 0.3) is 5.91 Å². The number of rotatable bonds is 3. The molecule has 0 unspecified atom stereocenters. The number of hydrogen-bond acceptors (Lipinski definition) is 2.